The largest absolute Gasteiger partial charge is 0.326 e. The lowest BCUT2D eigenvalue weighted by atomic mass is 9.67. The number of hydrogen-bond donors (Lipinski definition) is 4. The Morgan fingerprint density at radius 3 is 2.88 bits per heavy atom. The van der Waals surface area contributed by atoms with Crippen LogP contribution in [0.2, 0.25) is 0 Å². The van der Waals surface area contributed by atoms with Crippen LogP contribution in [0.4, 0.5) is 10.5 Å². The molecule has 7 heteroatoms. The van der Waals surface area contributed by atoms with Crippen LogP contribution in [0, 0.1) is 11.3 Å². The third kappa shape index (κ3) is 2.58. The van der Waals surface area contributed by atoms with Gasteiger partial charge in [0.25, 0.3) is 5.91 Å². The standard InChI is InChI=1S/C19H24N4O3/c1-18(15(24)22-17(26)23-18)12-6-4-7-14(9-12)21-16(25)19-8-3-2-5-13(19)10-20-11-19/h4,6-7,9,13,20H,2-3,5,8,10-11H2,1H3,(H,21,25)(H2,22,23,24,26)/t13-,18?,19+/m0/s1. The van der Waals surface area contributed by atoms with Crippen LogP contribution in [0.15, 0.2) is 24.3 Å². The number of anilines is 1. The van der Waals surface area contributed by atoms with Crippen molar-refractivity contribution in [3.8, 4) is 0 Å². The zero-order chi connectivity index (χ0) is 18.4. The predicted octanol–water partition coefficient (Wildman–Crippen LogP) is 1.46. The van der Waals surface area contributed by atoms with Crippen molar-refractivity contribution in [3.63, 3.8) is 0 Å². The summed E-state index contributed by atoms with van der Waals surface area (Å²) in [6, 6.07) is 6.64. The molecular weight excluding hydrogens is 332 g/mol. The third-order valence-corrected chi connectivity index (χ3v) is 6.23. The smallest absolute Gasteiger partial charge is 0.322 e. The van der Waals surface area contributed by atoms with E-state index in [-0.39, 0.29) is 11.3 Å². The van der Waals surface area contributed by atoms with Gasteiger partial charge in [0.1, 0.15) is 5.54 Å². The molecule has 4 rings (SSSR count). The first-order chi connectivity index (χ1) is 12.4. The molecule has 26 heavy (non-hydrogen) atoms. The van der Waals surface area contributed by atoms with Crippen molar-refractivity contribution in [1.82, 2.24) is 16.0 Å². The number of nitrogens with one attached hydrogen (secondary N) is 4. The number of fused-ring (bicyclic) bond motifs is 1. The number of hydrogen-bond acceptors (Lipinski definition) is 4. The Morgan fingerprint density at radius 2 is 2.12 bits per heavy atom. The fraction of sp³-hybridized carbons (Fsp3) is 0.526. The van der Waals surface area contributed by atoms with Gasteiger partial charge >= 0.3 is 6.03 Å². The Balaban J connectivity index is 1.57. The SMILES string of the molecule is CC1(c2cccc(NC(=O)[C@@]34CCCC[C@H]3CNC4)c2)NC(=O)NC1=O. The second-order valence-corrected chi connectivity index (χ2v) is 7.80. The fourth-order valence-corrected chi connectivity index (χ4v) is 4.60. The normalized spacial score (nSPS) is 33.3. The number of benzene rings is 1. The number of amides is 4. The van der Waals surface area contributed by atoms with E-state index in [0.29, 0.717) is 17.2 Å². The van der Waals surface area contributed by atoms with Crippen molar-refractivity contribution in [2.24, 2.45) is 11.3 Å². The van der Waals surface area contributed by atoms with E-state index in [4.69, 9.17) is 0 Å². The van der Waals surface area contributed by atoms with Crippen LogP contribution in [-0.2, 0) is 15.1 Å². The van der Waals surface area contributed by atoms with Gasteiger partial charge in [-0.1, -0.05) is 25.0 Å². The Bertz CT molecular complexity index is 780. The highest BCUT2D eigenvalue weighted by atomic mass is 16.2. The Labute approximate surface area is 152 Å². The molecule has 2 saturated heterocycles. The maximum atomic E-state index is 13.1. The van der Waals surface area contributed by atoms with Gasteiger partial charge < -0.3 is 16.0 Å². The molecule has 1 saturated carbocycles. The van der Waals surface area contributed by atoms with Gasteiger partial charge in [-0.05, 0) is 49.9 Å². The molecule has 4 N–H and O–H groups in total. The minimum atomic E-state index is -1.13. The van der Waals surface area contributed by atoms with Crippen molar-refractivity contribution in [2.45, 2.75) is 38.1 Å². The first kappa shape index (κ1) is 17.0. The third-order valence-electron chi connectivity index (χ3n) is 6.23. The molecule has 1 aromatic carbocycles. The lowest BCUT2D eigenvalue weighted by Crippen LogP contribution is -2.44. The van der Waals surface area contributed by atoms with E-state index in [1.165, 1.54) is 6.42 Å². The van der Waals surface area contributed by atoms with Crippen molar-refractivity contribution in [2.75, 3.05) is 18.4 Å². The molecule has 2 heterocycles. The first-order valence-electron chi connectivity index (χ1n) is 9.20. The molecule has 3 aliphatic rings. The van der Waals surface area contributed by atoms with E-state index in [1.807, 2.05) is 6.07 Å². The first-order valence-corrected chi connectivity index (χ1v) is 9.20. The lowest BCUT2D eigenvalue weighted by molar-refractivity contribution is -0.128. The summed E-state index contributed by atoms with van der Waals surface area (Å²) in [4.78, 5) is 36.8. The van der Waals surface area contributed by atoms with Crippen LogP contribution < -0.4 is 21.3 Å². The minimum absolute atomic E-state index is 0.0504. The second-order valence-electron chi connectivity index (χ2n) is 7.80. The Hall–Kier alpha value is -2.41. The van der Waals surface area contributed by atoms with E-state index < -0.39 is 17.5 Å². The Kier molecular flexibility index (Phi) is 3.99. The summed E-state index contributed by atoms with van der Waals surface area (Å²) in [5, 5.41) is 11.4. The number of carbonyl (C=O) groups excluding carboxylic acids is 3. The fourth-order valence-electron chi connectivity index (χ4n) is 4.60. The molecule has 1 aliphatic carbocycles. The van der Waals surface area contributed by atoms with Crippen LogP contribution in [0.1, 0.15) is 38.2 Å². The number of imide groups is 1. The van der Waals surface area contributed by atoms with Gasteiger partial charge in [-0.25, -0.2) is 4.79 Å². The topological polar surface area (TPSA) is 99.3 Å². The Morgan fingerprint density at radius 1 is 1.27 bits per heavy atom. The molecule has 0 spiro atoms. The molecule has 7 nitrogen and oxygen atoms in total. The van der Waals surface area contributed by atoms with Crippen LogP contribution in [-0.4, -0.2) is 30.9 Å². The van der Waals surface area contributed by atoms with Crippen LogP contribution in [0.3, 0.4) is 0 Å². The molecule has 138 valence electrons. The quantitative estimate of drug-likeness (QED) is 0.616. The van der Waals surface area contributed by atoms with E-state index in [2.05, 4.69) is 21.3 Å². The zero-order valence-corrected chi connectivity index (χ0v) is 14.9. The van der Waals surface area contributed by atoms with Gasteiger partial charge in [0.15, 0.2) is 0 Å². The summed E-state index contributed by atoms with van der Waals surface area (Å²) in [7, 11) is 0. The molecule has 0 radical (unpaired) electrons. The zero-order valence-electron chi connectivity index (χ0n) is 14.9. The average Bonchev–Trinajstić information content (AvgIpc) is 3.17. The van der Waals surface area contributed by atoms with E-state index in [1.54, 1.807) is 25.1 Å². The molecule has 1 unspecified atom stereocenters. The van der Waals surface area contributed by atoms with Crippen molar-refractivity contribution < 1.29 is 14.4 Å². The lowest BCUT2D eigenvalue weighted by Gasteiger charge is -2.37. The van der Waals surface area contributed by atoms with Crippen molar-refractivity contribution in [1.29, 1.82) is 0 Å². The van der Waals surface area contributed by atoms with E-state index in [9.17, 15) is 14.4 Å². The van der Waals surface area contributed by atoms with Crippen molar-refractivity contribution in [3.05, 3.63) is 29.8 Å². The van der Waals surface area contributed by atoms with Gasteiger partial charge in [0.2, 0.25) is 5.91 Å². The number of urea groups is 1. The van der Waals surface area contributed by atoms with Crippen LogP contribution >= 0.6 is 0 Å². The predicted molar refractivity (Wildman–Crippen MR) is 96.4 cm³/mol. The highest BCUT2D eigenvalue weighted by molar-refractivity contribution is 6.07. The summed E-state index contributed by atoms with van der Waals surface area (Å²) in [5.41, 5.74) is -0.177. The second kappa shape index (κ2) is 6.09. The van der Waals surface area contributed by atoms with Gasteiger partial charge in [-0.2, -0.15) is 0 Å². The maximum absolute atomic E-state index is 13.1. The van der Waals surface area contributed by atoms with Crippen LogP contribution in [0.5, 0.6) is 0 Å². The monoisotopic (exact) mass is 356 g/mol. The summed E-state index contributed by atoms with van der Waals surface area (Å²) in [5.74, 6) is 0.0446. The number of rotatable bonds is 3. The summed E-state index contributed by atoms with van der Waals surface area (Å²) < 4.78 is 0. The molecule has 3 atom stereocenters. The highest BCUT2D eigenvalue weighted by Gasteiger charge is 2.50. The van der Waals surface area contributed by atoms with Gasteiger partial charge in [0.05, 0.1) is 5.41 Å². The van der Waals surface area contributed by atoms with E-state index >= 15 is 0 Å². The maximum Gasteiger partial charge on any atom is 0.322 e. The van der Waals surface area contributed by atoms with Crippen molar-refractivity contribution >= 4 is 23.5 Å². The molecule has 2 aliphatic heterocycles. The summed E-state index contributed by atoms with van der Waals surface area (Å²) >= 11 is 0. The molecular formula is C19H24N4O3. The molecule has 4 amide bonds. The van der Waals surface area contributed by atoms with Gasteiger partial charge in [-0.15, -0.1) is 0 Å². The number of carbonyl (C=O) groups is 3. The molecule has 3 fully saturated rings. The minimum Gasteiger partial charge on any atom is -0.326 e. The highest BCUT2D eigenvalue weighted by Crippen LogP contribution is 2.44. The van der Waals surface area contributed by atoms with Gasteiger partial charge in [-0.3, -0.25) is 14.9 Å². The molecule has 0 aromatic heterocycles. The van der Waals surface area contributed by atoms with E-state index in [0.717, 1.165) is 32.4 Å². The average molecular weight is 356 g/mol. The van der Waals surface area contributed by atoms with Gasteiger partial charge in [0, 0.05) is 12.2 Å². The molecule has 1 aromatic rings. The summed E-state index contributed by atoms with van der Waals surface area (Å²) in [6.07, 6.45) is 4.26. The summed E-state index contributed by atoms with van der Waals surface area (Å²) in [6.45, 7) is 3.28. The van der Waals surface area contributed by atoms with Crippen LogP contribution in [0.25, 0.3) is 0 Å². The molecule has 0 bridgehead atoms.